The molecule has 1 rings (SSSR count). The van der Waals surface area contributed by atoms with E-state index < -0.39 is 0 Å². The van der Waals surface area contributed by atoms with E-state index in [1.165, 1.54) is 19.3 Å². The van der Waals surface area contributed by atoms with Crippen molar-refractivity contribution in [1.29, 1.82) is 5.41 Å². The van der Waals surface area contributed by atoms with Gasteiger partial charge in [0.05, 0.1) is 6.04 Å². The summed E-state index contributed by atoms with van der Waals surface area (Å²) < 4.78 is 0. The second kappa shape index (κ2) is 5.35. The fourth-order valence-electron chi connectivity index (χ4n) is 2.16. The lowest BCUT2D eigenvalue weighted by molar-refractivity contribution is 0.162. The van der Waals surface area contributed by atoms with Crippen molar-refractivity contribution in [3.63, 3.8) is 0 Å². The molecule has 0 aromatic heterocycles. The molecule has 3 heteroatoms. The first-order valence-electron chi connectivity index (χ1n) is 5.77. The van der Waals surface area contributed by atoms with Crippen LogP contribution in [-0.4, -0.2) is 29.9 Å². The molecule has 82 valence electrons. The highest BCUT2D eigenvalue weighted by Gasteiger charge is 2.24. The third kappa shape index (κ3) is 2.71. The van der Waals surface area contributed by atoms with Gasteiger partial charge in [-0.3, -0.25) is 10.3 Å². The first kappa shape index (κ1) is 11.5. The molecule has 1 saturated carbocycles. The van der Waals surface area contributed by atoms with E-state index >= 15 is 0 Å². The highest BCUT2D eigenvalue weighted by atomic mass is 15.2. The number of nitrogens with zero attached hydrogens (tertiary/aromatic N) is 1. The summed E-state index contributed by atoms with van der Waals surface area (Å²) in [4.78, 5) is 2.35. The van der Waals surface area contributed by atoms with Gasteiger partial charge in [-0.15, -0.1) is 0 Å². The Bertz CT molecular complexity index is 187. The van der Waals surface area contributed by atoms with Gasteiger partial charge in [-0.25, -0.2) is 0 Å². The molecule has 0 aromatic carbocycles. The van der Waals surface area contributed by atoms with Gasteiger partial charge in [0.1, 0.15) is 5.84 Å². The van der Waals surface area contributed by atoms with E-state index in [9.17, 15) is 0 Å². The Kier molecular flexibility index (Phi) is 4.39. The van der Waals surface area contributed by atoms with Gasteiger partial charge < -0.3 is 5.73 Å². The Morgan fingerprint density at radius 1 is 1.50 bits per heavy atom. The van der Waals surface area contributed by atoms with Crippen LogP contribution in [-0.2, 0) is 0 Å². The molecule has 0 bridgehead atoms. The van der Waals surface area contributed by atoms with Crippen molar-refractivity contribution in [3.05, 3.63) is 0 Å². The van der Waals surface area contributed by atoms with Crippen LogP contribution in [0.2, 0.25) is 0 Å². The van der Waals surface area contributed by atoms with Gasteiger partial charge in [-0.05, 0) is 31.7 Å². The molecule has 3 nitrogen and oxygen atoms in total. The fourth-order valence-corrected chi connectivity index (χ4v) is 2.16. The largest absolute Gasteiger partial charge is 0.386 e. The van der Waals surface area contributed by atoms with Crippen molar-refractivity contribution in [2.45, 2.75) is 45.6 Å². The first-order chi connectivity index (χ1) is 6.69. The van der Waals surface area contributed by atoms with Gasteiger partial charge in [0, 0.05) is 6.54 Å². The van der Waals surface area contributed by atoms with E-state index in [1.54, 1.807) is 0 Å². The van der Waals surface area contributed by atoms with Gasteiger partial charge in [0.2, 0.25) is 0 Å². The lowest BCUT2D eigenvalue weighted by Gasteiger charge is -2.35. The van der Waals surface area contributed by atoms with Crippen LogP contribution in [0.15, 0.2) is 0 Å². The molecule has 1 atom stereocenters. The lowest BCUT2D eigenvalue weighted by Crippen LogP contribution is -2.46. The van der Waals surface area contributed by atoms with Gasteiger partial charge >= 0.3 is 0 Å². The van der Waals surface area contributed by atoms with Crippen LogP contribution in [0.1, 0.15) is 39.5 Å². The predicted octanol–water partition coefficient (Wildman–Crippen LogP) is 1.82. The third-order valence-corrected chi connectivity index (χ3v) is 3.31. The molecule has 0 aliphatic heterocycles. The number of nitrogens with two attached hydrogens (primary N) is 1. The Morgan fingerprint density at radius 2 is 2.14 bits per heavy atom. The Labute approximate surface area is 87.2 Å². The maximum atomic E-state index is 7.54. The van der Waals surface area contributed by atoms with Crippen molar-refractivity contribution < 1.29 is 0 Å². The second-order valence-corrected chi connectivity index (χ2v) is 4.26. The van der Waals surface area contributed by atoms with Gasteiger partial charge in [0.15, 0.2) is 0 Å². The summed E-state index contributed by atoms with van der Waals surface area (Å²) in [6.45, 7) is 6.41. The molecular weight excluding hydrogens is 174 g/mol. The minimum atomic E-state index is 0.167. The molecular formula is C11H23N3. The van der Waals surface area contributed by atoms with Gasteiger partial charge in [0.25, 0.3) is 0 Å². The summed E-state index contributed by atoms with van der Waals surface area (Å²) in [6, 6.07) is 0.167. The quantitative estimate of drug-likeness (QED) is 0.504. The Morgan fingerprint density at radius 3 is 2.43 bits per heavy atom. The molecule has 1 aliphatic rings. The number of hydrogen-bond donors (Lipinski definition) is 2. The lowest BCUT2D eigenvalue weighted by atomic mass is 9.84. The molecule has 0 heterocycles. The van der Waals surface area contributed by atoms with Crippen molar-refractivity contribution in [2.24, 2.45) is 11.7 Å². The molecule has 0 saturated heterocycles. The second-order valence-electron chi connectivity index (χ2n) is 4.26. The molecule has 0 amide bonds. The Hall–Kier alpha value is -0.570. The van der Waals surface area contributed by atoms with E-state index in [4.69, 9.17) is 11.1 Å². The zero-order chi connectivity index (χ0) is 10.6. The highest BCUT2D eigenvalue weighted by Crippen LogP contribution is 2.27. The van der Waals surface area contributed by atoms with Crippen LogP contribution >= 0.6 is 0 Å². The van der Waals surface area contributed by atoms with Crippen molar-refractivity contribution >= 4 is 5.84 Å². The summed E-state index contributed by atoms with van der Waals surface area (Å²) in [6.07, 6.45) is 5.07. The molecule has 1 unspecified atom stereocenters. The number of rotatable bonds is 6. The van der Waals surface area contributed by atoms with Crippen molar-refractivity contribution in [2.75, 3.05) is 13.1 Å². The van der Waals surface area contributed by atoms with E-state index in [1.807, 2.05) is 0 Å². The average molecular weight is 197 g/mol. The summed E-state index contributed by atoms with van der Waals surface area (Å²) in [5.41, 5.74) is 5.60. The average Bonchev–Trinajstić information content (AvgIpc) is 2.08. The van der Waals surface area contributed by atoms with Crippen LogP contribution < -0.4 is 5.73 Å². The fraction of sp³-hybridized carbons (Fsp3) is 0.909. The zero-order valence-corrected chi connectivity index (χ0v) is 9.42. The molecule has 14 heavy (non-hydrogen) atoms. The highest BCUT2D eigenvalue weighted by molar-refractivity contribution is 5.82. The van der Waals surface area contributed by atoms with Crippen LogP contribution in [0.4, 0.5) is 0 Å². The maximum absolute atomic E-state index is 7.54. The monoisotopic (exact) mass is 197 g/mol. The normalized spacial score (nSPS) is 19.4. The molecule has 0 aromatic rings. The first-order valence-corrected chi connectivity index (χ1v) is 5.77. The topological polar surface area (TPSA) is 53.1 Å². The molecule has 1 fully saturated rings. The smallest absolute Gasteiger partial charge is 0.108 e. The molecule has 1 aliphatic carbocycles. The summed E-state index contributed by atoms with van der Waals surface area (Å²) in [5, 5.41) is 7.54. The van der Waals surface area contributed by atoms with Crippen molar-refractivity contribution in [3.8, 4) is 0 Å². The summed E-state index contributed by atoms with van der Waals surface area (Å²) in [5.74, 6) is 1.19. The van der Waals surface area contributed by atoms with E-state index in [-0.39, 0.29) is 6.04 Å². The van der Waals surface area contributed by atoms with Gasteiger partial charge in [-0.1, -0.05) is 20.3 Å². The van der Waals surface area contributed by atoms with E-state index in [2.05, 4.69) is 18.7 Å². The van der Waals surface area contributed by atoms with Crippen molar-refractivity contribution in [1.82, 2.24) is 4.90 Å². The van der Waals surface area contributed by atoms with Crippen LogP contribution in [0.3, 0.4) is 0 Å². The maximum Gasteiger partial charge on any atom is 0.108 e. The number of amidine groups is 1. The van der Waals surface area contributed by atoms with Crippen LogP contribution in [0, 0.1) is 11.3 Å². The molecule has 3 N–H and O–H groups in total. The van der Waals surface area contributed by atoms with Gasteiger partial charge in [-0.2, -0.15) is 0 Å². The van der Waals surface area contributed by atoms with E-state index in [0.717, 1.165) is 25.4 Å². The number of hydrogen-bond acceptors (Lipinski definition) is 2. The summed E-state index contributed by atoms with van der Waals surface area (Å²) >= 11 is 0. The SMILES string of the molecule is CCC(C(=N)N)N(CC)CC1CCC1. The van der Waals surface area contributed by atoms with Crippen LogP contribution in [0.5, 0.6) is 0 Å². The molecule has 0 radical (unpaired) electrons. The summed E-state index contributed by atoms with van der Waals surface area (Å²) in [7, 11) is 0. The number of nitrogens with one attached hydrogen (secondary N) is 1. The predicted molar refractivity (Wildman–Crippen MR) is 60.6 cm³/mol. The minimum Gasteiger partial charge on any atom is -0.386 e. The zero-order valence-electron chi connectivity index (χ0n) is 9.42. The molecule has 0 spiro atoms. The number of likely N-dealkylation sites (N-methyl/N-ethyl adjacent to an activating group) is 1. The standard InChI is InChI=1S/C11H23N3/c1-3-10(11(12)13)14(4-2)8-9-6-5-7-9/h9-10H,3-8H2,1-2H3,(H3,12,13). The Balaban J connectivity index is 2.44. The van der Waals surface area contributed by atoms with Crippen LogP contribution in [0.25, 0.3) is 0 Å². The minimum absolute atomic E-state index is 0.167. The third-order valence-electron chi connectivity index (χ3n) is 3.31. The van der Waals surface area contributed by atoms with E-state index in [0.29, 0.717) is 5.84 Å².